The molecule has 1 aromatic heterocycles. The molecule has 4 nitrogen and oxygen atoms in total. The summed E-state index contributed by atoms with van der Waals surface area (Å²) in [7, 11) is 0. The Hall–Kier alpha value is -1.62. The Morgan fingerprint density at radius 1 is 1.30 bits per heavy atom. The molecule has 0 saturated carbocycles. The molecule has 0 atom stereocenters. The minimum absolute atomic E-state index is 0.00404. The molecule has 1 aromatic carbocycles. The van der Waals surface area contributed by atoms with Crippen molar-refractivity contribution < 1.29 is 9.32 Å². The van der Waals surface area contributed by atoms with E-state index >= 15 is 0 Å². The number of Topliss-reactive ketones (excluding diaryl/α,β-unsaturated/α-hetero) is 1. The van der Waals surface area contributed by atoms with E-state index in [0.29, 0.717) is 23.2 Å². The highest BCUT2D eigenvalue weighted by Crippen LogP contribution is 2.14. The van der Waals surface area contributed by atoms with Crippen molar-refractivity contribution in [2.45, 2.75) is 26.0 Å². The maximum Gasteiger partial charge on any atom is 0.234 e. The molecule has 0 aliphatic carbocycles. The summed E-state index contributed by atoms with van der Waals surface area (Å²) in [5.41, 5.74) is 0.668. The monoisotopic (exact) mass is 290 g/mol. The van der Waals surface area contributed by atoms with E-state index in [0.717, 1.165) is 11.5 Å². The number of aromatic nitrogens is 2. The molecular formula is C15H18N2O2S. The summed E-state index contributed by atoms with van der Waals surface area (Å²) in [4.78, 5) is 16.2. The Morgan fingerprint density at radius 2 is 2.05 bits per heavy atom. The molecule has 20 heavy (non-hydrogen) atoms. The first-order chi connectivity index (χ1) is 9.65. The quantitative estimate of drug-likeness (QED) is 0.732. The molecule has 0 fully saturated rings. The van der Waals surface area contributed by atoms with Crippen molar-refractivity contribution in [3.8, 4) is 0 Å². The second kappa shape index (κ2) is 7.24. The van der Waals surface area contributed by atoms with E-state index < -0.39 is 0 Å². The molecule has 106 valence electrons. The summed E-state index contributed by atoms with van der Waals surface area (Å²) >= 11 is 1.77. The molecule has 2 aromatic rings. The van der Waals surface area contributed by atoms with E-state index in [2.05, 4.69) is 24.0 Å². The molecule has 0 bridgehead atoms. The van der Waals surface area contributed by atoms with Gasteiger partial charge in [0.15, 0.2) is 11.6 Å². The summed E-state index contributed by atoms with van der Waals surface area (Å²) in [6, 6.07) is 9.15. The minimum atomic E-state index is -0.00404. The largest absolute Gasteiger partial charge is 0.339 e. The molecule has 0 spiro atoms. The van der Waals surface area contributed by atoms with Crippen molar-refractivity contribution in [3.05, 3.63) is 47.6 Å². The first-order valence-corrected chi connectivity index (χ1v) is 7.78. The number of rotatable bonds is 7. The molecule has 0 saturated heterocycles. The summed E-state index contributed by atoms with van der Waals surface area (Å²) < 4.78 is 5.12. The molecule has 5 heteroatoms. The highest BCUT2D eigenvalue weighted by Gasteiger charge is 2.12. The van der Waals surface area contributed by atoms with Crippen LogP contribution in [-0.4, -0.2) is 21.7 Å². The van der Waals surface area contributed by atoms with E-state index in [-0.39, 0.29) is 12.2 Å². The van der Waals surface area contributed by atoms with Crippen molar-refractivity contribution in [1.82, 2.24) is 10.1 Å². The Kier molecular flexibility index (Phi) is 5.35. The highest BCUT2D eigenvalue weighted by molar-refractivity contribution is 7.98. The standard InChI is InChI=1S/C15H18N2O2S/c1-11(2)9-20-10-14-16-15(19-17-14)8-13(18)12-6-4-3-5-7-12/h3-7,11H,8-10H2,1-2H3. The van der Waals surface area contributed by atoms with E-state index in [4.69, 9.17) is 4.52 Å². The van der Waals surface area contributed by atoms with Crippen molar-refractivity contribution >= 4 is 17.5 Å². The van der Waals surface area contributed by atoms with Gasteiger partial charge in [-0.3, -0.25) is 4.79 Å². The van der Waals surface area contributed by atoms with Crippen LogP contribution >= 0.6 is 11.8 Å². The fraction of sp³-hybridized carbons (Fsp3) is 0.400. The second-order valence-electron chi connectivity index (χ2n) is 4.98. The summed E-state index contributed by atoms with van der Waals surface area (Å²) in [5.74, 6) is 3.47. The SMILES string of the molecule is CC(C)CSCc1noc(CC(=O)c2ccccc2)n1. The van der Waals surface area contributed by atoms with Gasteiger partial charge in [-0.1, -0.05) is 49.3 Å². The molecular weight excluding hydrogens is 272 g/mol. The summed E-state index contributed by atoms with van der Waals surface area (Å²) in [6.07, 6.45) is 0.159. The van der Waals surface area contributed by atoms with Gasteiger partial charge in [0.05, 0.1) is 12.2 Å². The van der Waals surface area contributed by atoms with E-state index in [1.807, 2.05) is 18.2 Å². The van der Waals surface area contributed by atoms with Crippen LogP contribution in [0.15, 0.2) is 34.9 Å². The zero-order chi connectivity index (χ0) is 14.4. The molecule has 0 aliphatic heterocycles. The average Bonchev–Trinajstić information content (AvgIpc) is 2.87. The van der Waals surface area contributed by atoms with Gasteiger partial charge in [-0.05, 0) is 11.7 Å². The van der Waals surface area contributed by atoms with Gasteiger partial charge in [0.25, 0.3) is 0 Å². The second-order valence-corrected chi connectivity index (χ2v) is 6.01. The zero-order valence-electron chi connectivity index (χ0n) is 11.7. The Labute approximate surface area is 123 Å². The number of hydrogen-bond acceptors (Lipinski definition) is 5. The van der Waals surface area contributed by atoms with Gasteiger partial charge in [0.1, 0.15) is 0 Å². The molecule has 0 amide bonds. The maximum atomic E-state index is 12.0. The number of benzene rings is 1. The molecule has 1 heterocycles. The number of ketones is 1. The molecule has 0 unspecified atom stereocenters. The van der Waals surface area contributed by atoms with Gasteiger partial charge in [-0.15, -0.1) is 0 Å². The Morgan fingerprint density at radius 3 is 2.75 bits per heavy atom. The van der Waals surface area contributed by atoms with Crippen molar-refractivity contribution in [1.29, 1.82) is 0 Å². The lowest BCUT2D eigenvalue weighted by atomic mass is 10.1. The van der Waals surface area contributed by atoms with Crippen molar-refractivity contribution in [2.24, 2.45) is 5.92 Å². The van der Waals surface area contributed by atoms with Crippen LogP contribution in [0.25, 0.3) is 0 Å². The summed E-state index contributed by atoms with van der Waals surface area (Å²) in [6.45, 7) is 4.35. The van der Waals surface area contributed by atoms with Crippen LogP contribution in [0.4, 0.5) is 0 Å². The lowest BCUT2D eigenvalue weighted by Crippen LogP contribution is -2.03. The third kappa shape index (κ3) is 4.49. The molecule has 0 N–H and O–H groups in total. The summed E-state index contributed by atoms with van der Waals surface area (Å²) in [5, 5.41) is 3.90. The lowest BCUT2D eigenvalue weighted by Gasteiger charge is -2.00. The fourth-order valence-electron chi connectivity index (χ4n) is 1.67. The van der Waals surface area contributed by atoms with Gasteiger partial charge in [-0.25, -0.2) is 0 Å². The molecule has 0 radical (unpaired) electrons. The number of carbonyl (C=O) groups is 1. The van der Waals surface area contributed by atoms with Crippen LogP contribution in [0, 0.1) is 5.92 Å². The van der Waals surface area contributed by atoms with Crippen LogP contribution in [0.3, 0.4) is 0 Å². The molecule has 2 rings (SSSR count). The van der Waals surface area contributed by atoms with E-state index in [1.165, 1.54) is 0 Å². The normalized spacial score (nSPS) is 10.9. The van der Waals surface area contributed by atoms with E-state index in [9.17, 15) is 4.79 Å². The fourth-order valence-corrected chi connectivity index (χ4v) is 2.56. The van der Waals surface area contributed by atoms with E-state index in [1.54, 1.807) is 23.9 Å². The van der Waals surface area contributed by atoms with Gasteiger partial charge in [0, 0.05) is 5.56 Å². The third-order valence-corrected chi connectivity index (χ3v) is 3.96. The number of hydrogen-bond donors (Lipinski definition) is 0. The average molecular weight is 290 g/mol. The van der Waals surface area contributed by atoms with Gasteiger partial charge in [0.2, 0.25) is 5.89 Å². The van der Waals surface area contributed by atoms with Crippen molar-refractivity contribution in [3.63, 3.8) is 0 Å². The predicted molar refractivity (Wildman–Crippen MR) is 79.8 cm³/mol. The Bertz CT molecular complexity index is 552. The zero-order valence-corrected chi connectivity index (χ0v) is 12.5. The maximum absolute atomic E-state index is 12.0. The van der Waals surface area contributed by atoms with Crippen LogP contribution in [0.5, 0.6) is 0 Å². The Balaban J connectivity index is 1.88. The minimum Gasteiger partial charge on any atom is -0.339 e. The van der Waals surface area contributed by atoms with Crippen LogP contribution in [0.1, 0.15) is 35.9 Å². The topological polar surface area (TPSA) is 56.0 Å². The highest BCUT2D eigenvalue weighted by atomic mass is 32.2. The first-order valence-electron chi connectivity index (χ1n) is 6.62. The number of carbonyl (C=O) groups excluding carboxylic acids is 1. The predicted octanol–water partition coefficient (Wildman–Crippen LogP) is 3.38. The first kappa shape index (κ1) is 14.8. The molecule has 0 aliphatic rings. The smallest absolute Gasteiger partial charge is 0.234 e. The van der Waals surface area contributed by atoms with Crippen LogP contribution in [-0.2, 0) is 12.2 Å². The number of nitrogens with zero attached hydrogens (tertiary/aromatic N) is 2. The van der Waals surface area contributed by atoms with Gasteiger partial charge < -0.3 is 4.52 Å². The lowest BCUT2D eigenvalue weighted by molar-refractivity contribution is 0.0983. The van der Waals surface area contributed by atoms with Crippen molar-refractivity contribution in [2.75, 3.05) is 5.75 Å². The number of thioether (sulfide) groups is 1. The van der Waals surface area contributed by atoms with Crippen LogP contribution in [0.2, 0.25) is 0 Å². The third-order valence-electron chi connectivity index (χ3n) is 2.60. The van der Waals surface area contributed by atoms with Crippen LogP contribution < -0.4 is 0 Å². The van der Waals surface area contributed by atoms with Gasteiger partial charge in [-0.2, -0.15) is 16.7 Å². The van der Waals surface area contributed by atoms with Gasteiger partial charge >= 0.3 is 0 Å².